The van der Waals surface area contributed by atoms with E-state index >= 15 is 0 Å². The van der Waals surface area contributed by atoms with Crippen LogP contribution in [0.4, 0.5) is 4.79 Å². The molecule has 1 fully saturated rings. The first-order chi connectivity index (χ1) is 18.0. The number of nitrogens with one attached hydrogen (secondary N) is 2. The van der Waals surface area contributed by atoms with Crippen molar-refractivity contribution in [2.24, 2.45) is 5.92 Å². The SMILES string of the molecule is COc1ccc(S(=O)(=O)N[C@](Cc2ccccc2)(NC(=O)O)[C@H](O)CCC(C)CCC2(C)OCCO2)cc1. The molecule has 210 valence electrons. The lowest BCUT2D eigenvalue weighted by molar-refractivity contribution is -0.149. The number of carboxylic acid groups (broad SMARTS) is 1. The average molecular weight is 551 g/mol. The predicted molar refractivity (Wildman–Crippen MR) is 141 cm³/mol. The highest BCUT2D eigenvalue weighted by molar-refractivity contribution is 7.89. The van der Waals surface area contributed by atoms with Crippen LogP contribution in [0.3, 0.4) is 0 Å². The molecule has 3 atom stereocenters. The molecule has 0 spiro atoms. The van der Waals surface area contributed by atoms with Crippen LogP contribution in [0.15, 0.2) is 59.5 Å². The molecule has 1 heterocycles. The first-order valence-electron chi connectivity index (χ1n) is 12.7. The van der Waals surface area contributed by atoms with E-state index in [1.807, 2.05) is 13.8 Å². The Labute approximate surface area is 224 Å². The number of ether oxygens (including phenoxy) is 3. The summed E-state index contributed by atoms with van der Waals surface area (Å²) in [7, 11) is -2.78. The summed E-state index contributed by atoms with van der Waals surface area (Å²) in [5.41, 5.74) is -1.27. The van der Waals surface area contributed by atoms with Gasteiger partial charge in [0.2, 0.25) is 10.0 Å². The Kier molecular flexibility index (Phi) is 10.1. The number of aliphatic hydroxyl groups excluding tert-OH is 1. The van der Waals surface area contributed by atoms with Gasteiger partial charge in [0.15, 0.2) is 5.79 Å². The van der Waals surface area contributed by atoms with Gasteiger partial charge in [0.1, 0.15) is 11.4 Å². The van der Waals surface area contributed by atoms with Gasteiger partial charge in [-0.25, -0.2) is 13.2 Å². The summed E-state index contributed by atoms with van der Waals surface area (Å²) in [6.07, 6.45) is -0.824. The lowest BCUT2D eigenvalue weighted by atomic mass is 9.88. The van der Waals surface area contributed by atoms with Crippen LogP contribution in [-0.2, 0) is 25.9 Å². The molecule has 1 aliphatic heterocycles. The van der Waals surface area contributed by atoms with Crippen LogP contribution < -0.4 is 14.8 Å². The molecule has 4 N–H and O–H groups in total. The molecule has 0 radical (unpaired) electrons. The number of amides is 1. The highest BCUT2D eigenvalue weighted by atomic mass is 32.2. The zero-order valence-electron chi connectivity index (χ0n) is 22.1. The first kappa shape index (κ1) is 29.9. The van der Waals surface area contributed by atoms with Gasteiger partial charge >= 0.3 is 6.09 Å². The summed E-state index contributed by atoms with van der Waals surface area (Å²) in [6, 6.07) is 14.5. The van der Waals surface area contributed by atoms with Crippen LogP contribution >= 0.6 is 0 Å². The van der Waals surface area contributed by atoms with Gasteiger partial charge in [-0.1, -0.05) is 37.3 Å². The van der Waals surface area contributed by atoms with Crippen molar-refractivity contribution in [3.8, 4) is 5.75 Å². The molecular weight excluding hydrogens is 512 g/mol. The van der Waals surface area contributed by atoms with Crippen LogP contribution in [0.2, 0.25) is 0 Å². The van der Waals surface area contributed by atoms with Gasteiger partial charge in [0, 0.05) is 12.8 Å². The monoisotopic (exact) mass is 550 g/mol. The average Bonchev–Trinajstić information content (AvgIpc) is 3.32. The van der Waals surface area contributed by atoms with E-state index in [2.05, 4.69) is 10.0 Å². The molecule has 2 aromatic rings. The normalized spacial score (nSPS) is 18.3. The molecular formula is C27H38N2O8S. The van der Waals surface area contributed by atoms with E-state index in [1.165, 1.54) is 31.4 Å². The Morgan fingerprint density at radius 2 is 1.71 bits per heavy atom. The van der Waals surface area contributed by atoms with Gasteiger partial charge in [0.25, 0.3) is 0 Å². The largest absolute Gasteiger partial charge is 0.497 e. The Morgan fingerprint density at radius 1 is 1.08 bits per heavy atom. The Balaban J connectivity index is 1.84. The molecule has 0 saturated carbocycles. The fourth-order valence-corrected chi connectivity index (χ4v) is 5.93. The van der Waals surface area contributed by atoms with Gasteiger partial charge in [-0.15, -0.1) is 0 Å². The molecule has 38 heavy (non-hydrogen) atoms. The highest BCUT2D eigenvalue weighted by Crippen LogP contribution is 2.29. The van der Waals surface area contributed by atoms with Crippen molar-refractivity contribution in [1.82, 2.24) is 10.0 Å². The number of rotatable bonds is 14. The molecule has 0 aromatic heterocycles. The molecule has 1 aliphatic rings. The Hall–Kier alpha value is -2.70. The van der Waals surface area contributed by atoms with E-state index in [4.69, 9.17) is 14.2 Å². The Morgan fingerprint density at radius 3 is 2.29 bits per heavy atom. The fourth-order valence-electron chi connectivity index (χ4n) is 4.58. The molecule has 0 bridgehead atoms. The number of sulfonamides is 1. The van der Waals surface area contributed by atoms with Crippen LogP contribution in [0.5, 0.6) is 5.75 Å². The second-order valence-corrected chi connectivity index (χ2v) is 11.6. The van der Waals surface area contributed by atoms with E-state index < -0.39 is 33.7 Å². The van der Waals surface area contributed by atoms with Crippen molar-refractivity contribution in [2.45, 2.75) is 68.4 Å². The van der Waals surface area contributed by atoms with E-state index in [0.29, 0.717) is 37.4 Å². The lowest BCUT2D eigenvalue weighted by Gasteiger charge is -2.39. The second-order valence-electron chi connectivity index (χ2n) is 9.91. The maximum Gasteiger partial charge on any atom is 0.406 e. The summed E-state index contributed by atoms with van der Waals surface area (Å²) in [5.74, 6) is -0.00539. The number of hydrogen-bond acceptors (Lipinski definition) is 7. The second kappa shape index (κ2) is 12.9. The molecule has 3 rings (SSSR count). The van der Waals surface area contributed by atoms with E-state index in [9.17, 15) is 23.4 Å². The summed E-state index contributed by atoms with van der Waals surface area (Å²) >= 11 is 0. The predicted octanol–water partition coefficient (Wildman–Crippen LogP) is 3.50. The molecule has 1 amide bonds. The third-order valence-corrected chi connectivity index (χ3v) is 8.36. The maximum absolute atomic E-state index is 13.4. The molecule has 2 aromatic carbocycles. The minimum Gasteiger partial charge on any atom is -0.497 e. The molecule has 1 saturated heterocycles. The van der Waals surface area contributed by atoms with E-state index in [-0.39, 0.29) is 23.7 Å². The van der Waals surface area contributed by atoms with Crippen LogP contribution in [0.25, 0.3) is 0 Å². The van der Waals surface area contributed by atoms with Crippen molar-refractivity contribution in [1.29, 1.82) is 0 Å². The first-order valence-corrected chi connectivity index (χ1v) is 14.1. The zero-order chi connectivity index (χ0) is 27.8. The quantitative estimate of drug-likeness (QED) is 0.262. The van der Waals surface area contributed by atoms with E-state index in [0.717, 1.165) is 6.42 Å². The lowest BCUT2D eigenvalue weighted by Crippen LogP contribution is -2.68. The number of aliphatic hydroxyl groups is 1. The van der Waals surface area contributed by atoms with Crippen molar-refractivity contribution < 1.29 is 37.6 Å². The summed E-state index contributed by atoms with van der Waals surface area (Å²) in [6.45, 7) is 5.04. The van der Waals surface area contributed by atoms with Gasteiger partial charge in [-0.3, -0.25) is 5.32 Å². The maximum atomic E-state index is 13.4. The number of methoxy groups -OCH3 is 1. The van der Waals surface area contributed by atoms with Gasteiger partial charge in [-0.05, 0) is 61.9 Å². The fraction of sp³-hybridized carbons (Fsp3) is 0.519. The number of carbonyl (C=O) groups is 1. The van der Waals surface area contributed by atoms with Crippen LogP contribution in [0.1, 0.15) is 45.1 Å². The summed E-state index contributed by atoms with van der Waals surface area (Å²) < 4.78 is 45.8. The standard InChI is InChI=1S/C27H38N2O8S/c1-20(15-16-26(2)36-17-18-37-26)9-14-24(30)27(28-25(31)32,19-21-7-5-4-6-8-21)29-38(33,34)23-12-10-22(35-3)11-13-23/h4-8,10-13,20,24,28-30H,9,14-19H2,1-3H3,(H,31,32)/t20?,24-,27+/m1/s1. The topological polar surface area (TPSA) is 143 Å². The van der Waals surface area contributed by atoms with Crippen LogP contribution in [0, 0.1) is 5.92 Å². The minimum absolute atomic E-state index is 0.0895. The molecule has 0 aliphatic carbocycles. The van der Waals surface area contributed by atoms with Gasteiger partial charge in [-0.2, -0.15) is 4.72 Å². The van der Waals surface area contributed by atoms with Gasteiger partial charge < -0.3 is 24.4 Å². The van der Waals surface area contributed by atoms with Gasteiger partial charge in [0.05, 0.1) is 31.3 Å². The summed E-state index contributed by atoms with van der Waals surface area (Å²) in [4.78, 5) is 11.8. The number of hydrogen-bond donors (Lipinski definition) is 4. The Bertz CT molecular complexity index is 1140. The van der Waals surface area contributed by atoms with Crippen molar-refractivity contribution >= 4 is 16.1 Å². The third kappa shape index (κ3) is 8.15. The van der Waals surface area contributed by atoms with Crippen LogP contribution in [-0.4, -0.2) is 62.6 Å². The number of benzene rings is 2. The summed E-state index contributed by atoms with van der Waals surface area (Å²) in [5, 5.41) is 23.4. The minimum atomic E-state index is -4.25. The van der Waals surface area contributed by atoms with Crippen molar-refractivity contribution in [3.05, 3.63) is 60.2 Å². The molecule has 11 heteroatoms. The zero-order valence-corrected chi connectivity index (χ0v) is 22.9. The highest BCUT2D eigenvalue weighted by Gasteiger charge is 2.43. The van der Waals surface area contributed by atoms with E-state index in [1.54, 1.807) is 30.3 Å². The van der Waals surface area contributed by atoms with Crippen molar-refractivity contribution in [2.75, 3.05) is 20.3 Å². The molecule has 1 unspecified atom stereocenters. The smallest absolute Gasteiger partial charge is 0.406 e. The van der Waals surface area contributed by atoms with Crippen molar-refractivity contribution in [3.63, 3.8) is 0 Å². The third-order valence-electron chi connectivity index (χ3n) is 6.83. The molecule has 10 nitrogen and oxygen atoms in total.